The normalized spacial score (nSPS) is 11.8. The van der Waals surface area contributed by atoms with E-state index in [0.717, 1.165) is 11.3 Å². The van der Waals surface area contributed by atoms with Gasteiger partial charge in [-0.1, -0.05) is 0 Å². The first-order valence-electron chi connectivity index (χ1n) is 4.55. The number of halogens is 3. The van der Waals surface area contributed by atoms with Crippen molar-refractivity contribution in [1.82, 2.24) is 15.0 Å². The number of rotatable bonds is 2. The summed E-state index contributed by atoms with van der Waals surface area (Å²) in [5.41, 5.74) is 4.70. The number of hydrogen-bond donors (Lipinski definition) is 1. The van der Waals surface area contributed by atoms with Gasteiger partial charge in [0.25, 0.3) is 0 Å². The van der Waals surface area contributed by atoms with Gasteiger partial charge >= 0.3 is 6.18 Å². The molecule has 0 spiro atoms. The highest BCUT2D eigenvalue weighted by Gasteiger charge is 2.37. The van der Waals surface area contributed by atoms with Gasteiger partial charge in [-0.3, -0.25) is 0 Å². The summed E-state index contributed by atoms with van der Waals surface area (Å²) in [4.78, 5) is 11.1. The fourth-order valence-corrected chi connectivity index (χ4v) is 2.18. The molecule has 0 amide bonds. The molecular weight excluding hydrogens is 253 g/mol. The molecule has 2 N–H and O–H groups in total. The van der Waals surface area contributed by atoms with Gasteiger partial charge in [0.15, 0.2) is 5.69 Å². The van der Waals surface area contributed by atoms with Crippen LogP contribution in [0.15, 0.2) is 18.6 Å². The lowest BCUT2D eigenvalue weighted by Gasteiger charge is -2.03. The van der Waals surface area contributed by atoms with Crippen LogP contribution in [0.25, 0.3) is 10.7 Å². The SMILES string of the molecule is NCc1sc(-c2ccncn2)nc1C(F)(F)F. The van der Waals surface area contributed by atoms with Gasteiger partial charge in [0.05, 0.1) is 4.88 Å². The van der Waals surface area contributed by atoms with E-state index in [-0.39, 0.29) is 16.4 Å². The summed E-state index contributed by atoms with van der Waals surface area (Å²) in [5.74, 6) is 0. The topological polar surface area (TPSA) is 64.7 Å². The van der Waals surface area contributed by atoms with Gasteiger partial charge in [-0.25, -0.2) is 15.0 Å². The quantitative estimate of drug-likeness (QED) is 0.897. The van der Waals surface area contributed by atoms with Crippen molar-refractivity contribution in [2.24, 2.45) is 5.73 Å². The van der Waals surface area contributed by atoms with Gasteiger partial charge in [-0.15, -0.1) is 11.3 Å². The molecule has 0 aliphatic carbocycles. The minimum atomic E-state index is -4.49. The van der Waals surface area contributed by atoms with Crippen LogP contribution in [0.2, 0.25) is 0 Å². The van der Waals surface area contributed by atoms with Crippen molar-refractivity contribution < 1.29 is 13.2 Å². The van der Waals surface area contributed by atoms with Crippen molar-refractivity contribution in [3.05, 3.63) is 29.2 Å². The number of nitrogens with zero attached hydrogens (tertiary/aromatic N) is 3. The number of aromatic nitrogens is 3. The van der Waals surface area contributed by atoms with E-state index in [0.29, 0.717) is 5.69 Å². The Morgan fingerprint density at radius 2 is 2.12 bits per heavy atom. The van der Waals surface area contributed by atoms with E-state index in [9.17, 15) is 13.2 Å². The second-order valence-electron chi connectivity index (χ2n) is 3.09. The average molecular weight is 260 g/mol. The van der Waals surface area contributed by atoms with E-state index >= 15 is 0 Å². The molecule has 0 unspecified atom stereocenters. The minimum absolute atomic E-state index is 0.00566. The molecular formula is C9H7F3N4S. The summed E-state index contributed by atoms with van der Waals surface area (Å²) in [7, 11) is 0. The van der Waals surface area contributed by atoms with E-state index in [4.69, 9.17) is 5.73 Å². The number of thiazole rings is 1. The van der Waals surface area contributed by atoms with Crippen LogP contribution in [0.1, 0.15) is 10.6 Å². The number of hydrogen-bond acceptors (Lipinski definition) is 5. The molecule has 4 nitrogen and oxygen atoms in total. The third-order valence-electron chi connectivity index (χ3n) is 1.95. The van der Waals surface area contributed by atoms with Crippen LogP contribution < -0.4 is 5.73 Å². The molecule has 2 aromatic rings. The molecule has 0 aliphatic rings. The van der Waals surface area contributed by atoms with Crippen LogP contribution in [-0.2, 0) is 12.7 Å². The summed E-state index contributed by atoms with van der Waals surface area (Å²) in [6, 6.07) is 1.50. The molecule has 0 saturated carbocycles. The zero-order valence-electron chi connectivity index (χ0n) is 8.40. The second-order valence-corrected chi connectivity index (χ2v) is 4.17. The van der Waals surface area contributed by atoms with Crippen LogP contribution in [0, 0.1) is 0 Å². The lowest BCUT2D eigenvalue weighted by Crippen LogP contribution is -2.10. The molecule has 0 bridgehead atoms. The number of nitrogens with two attached hydrogens (primary N) is 1. The predicted octanol–water partition coefficient (Wildman–Crippen LogP) is 2.08. The summed E-state index contributed by atoms with van der Waals surface area (Å²) in [6.07, 6.45) is -1.79. The Kier molecular flexibility index (Phi) is 3.07. The van der Waals surface area contributed by atoms with E-state index in [1.807, 2.05) is 0 Å². The maximum absolute atomic E-state index is 12.6. The molecule has 90 valence electrons. The zero-order valence-corrected chi connectivity index (χ0v) is 9.22. The molecule has 0 aliphatic heterocycles. The molecule has 2 heterocycles. The smallest absolute Gasteiger partial charge is 0.326 e. The Labute approximate surface area is 98.4 Å². The van der Waals surface area contributed by atoms with Crippen molar-refractivity contribution in [1.29, 1.82) is 0 Å². The van der Waals surface area contributed by atoms with Crippen molar-refractivity contribution in [2.75, 3.05) is 0 Å². The minimum Gasteiger partial charge on any atom is -0.326 e. The standard InChI is InChI=1S/C9H7F3N4S/c10-9(11,12)7-6(3-13)17-8(16-7)5-1-2-14-4-15-5/h1-2,4H,3,13H2. The molecule has 0 saturated heterocycles. The van der Waals surface area contributed by atoms with Crippen LogP contribution in [0.5, 0.6) is 0 Å². The third-order valence-corrected chi connectivity index (χ3v) is 3.05. The Hall–Kier alpha value is -1.54. The summed E-state index contributed by atoms with van der Waals surface area (Å²) < 4.78 is 37.9. The molecule has 0 atom stereocenters. The van der Waals surface area contributed by atoms with Gasteiger partial charge < -0.3 is 5.73 Å². The van der Waals surface area contributed by atoms with E-state index in [2.05, 4.69) is 15.0 Å². The summed E-state index contributed by atoms with van der Waals surface area (Å²) >= 11 is 0.893. The Morgan fingerprint density at radius 1 is 1.35 bits per heavy atom. The highest BCUT2D eigenvalue weighted by molar-refractivity contribution is 7.15. The maximum atomic E-state index is 12.6. The monoisotopic (exact) mass is 260 g/mol. The molecule has 2 aromatic heterocycles. The van der Waals surface area contributed by atoms with Crippen molar-refractivity contribution in [3.8, 4) is 10.7 Å². The van der Waals surface area contributed by atoms with Crippen LogP contribution in [0.4, 0.5) is 13.2 Å². The first-order chi connectivity index (χ1) is 8.02. The molecule has 0 radical (unpaired) electrons. The van der Waals surface area contributed by atoms with Crippen LogP contribution >= 0.6 is 11.3 Å². The van der Waals surface area contributed by atoms with Gasteiger partial charge in [0, 0.05) is 12.7 Å². The fourth-order valence-electron chi connectivity index (χ4n) is 1.24. The Balaban J connectivity index is 2.49. The Bertz CT molecular complexity index is 509. The van der Waals surface area contributed by atoms with E-state index in [1.165, 1.54) is 18.6 Å². The van der Waals surface area contributed by atoms with Crippen molar-refractivity contribution in [3.63, 3.8) is 0 Å². The maximum Gasteiger partial charge on any atom is 0.434 e. The first kappa shape index (κ1) is 11.9. The zero-order chi connectivity index (χ0) is 12.5. The van der Waals surface area contributed by atoms with Gasteiger partial charge in [0.2, 0.25) is 0 Å². The lowest BCUT2D eigenvalue weighted by atomic mass is 10.3. The predicted molar refractivity (Wildman–Crippen MR) is 56.0 cm³/mol. The molecule has 0 aromatic carbocycles. The second kappa shape index (κ2) is 4.38. The molecule has 0 fully saturated rings. The van der Waals surface area contributed by atoms with Gasteiger partial charge in [-0.2, -0.15) is 13.2 Å². The van der Waals surface area contributed by atoms with E-state index in [1.54, 1.807) is 0 Å². The van der Waals surface area contributed by atoms with Gasteiger partial charge in [0.1, 0.15) is 17.0 Å². The third kappa shape index (κ3) is 2.42. The van der Waals surface area contributed by atoms with Crippen molar-refractivity contribution >= 4 is 11.3 Å². The van der Waals surface area contributed by atoms with Gasteiger partial charge in [-0.05, 0) is 6.07 Å². The molecule has 2 rings (SSSR count). The van der Waals surface area contributed by atoms with Crippen molar-refractivity contribution in [2.45, 2.75) is 12.7 Å². The summed E-state index contributed by atoms with van der Waals surface area (Å²) in [6.45, 7) is -0.197. The largest absolute Gasteiger partial charge is 0.434 e. The fraction of sp³-hybridized carbons (Fsp3) is 0.222. The Morgan fingerprint density at radius 3 is 2.59 bits per heavy atom. The summed E-state index contributed by atoms with van der Waals surface area (Å²) in [5, 5.41) is 0.195. The average Bonchev–Trinajstić information content (AvgIpc) is 2.74. The highest BCUT2D eigenvalue weighted by Crippen LogP contribution is 2.36. The number of alkyl halides is 3. The van der Waals surface area contributed by atoms with E-state index < -0.39 is 11.9 Å². The molecule has 8 heteroatoms. The first-order valence-corrected chi connectivity index (χ1v) is 5.37. The molecule has 17 heavy (non-hydrogen) atoms. The van der Waals surface area contributed by atoms with Crippen LogP contribution in [0.3, 0.4) is 0 Å². The lowest BCUT2D eigenvalue weighted by molar-refractivity contribution is -0.141. The van der Waals surface area contributed by atoms with Crippen LogP contribution in [-0.4, -0.2) is 15.0 Å². The highest BCUT2D eigenvalue weighted by atomic mass is 32.1.